The number of rotatable bonds is 3. The van der Waals surface area contributed by atoms with Crippen LogP contribution < -0.4 is 5.73 Å². The second kappa shape index (κ2) is 4.23. The molecule has 0 spiro atoms. The van der Waals surface area contributed by atoms with E-state index in [0.717, 1.165) is 29.2 Å². The van der Waals surface area contributed by atoms with Crippen LogP contribution in [0.1, 0.15) is 11.4 Å². The van der Waals surface area contributed by atoms with Gasteiger partial charge in [-0.1, -0.05) is 0 Å². The molecule has 0 atom stereocenters. The van der Waals surface area contributed by atoms with Crippen LogP contribution in [0.3, 0.4) is 0 Å². The summed E-state index contributed by atoms with van der Waals surface area (Å²) in [5.41, 5.74) is 8.70. The molecule has 0 saturated heterocycles. The Morgan fingerprint density at radius 1 is 1.33 bits per heavy atom. The van der Waals surface area contributed by atoms with Gasteiger partial charge < -0.3 is 10.7 Å². The second-order valence-corrected chi connectivity index (χ2v) is 3.43. The highest BCUT2D eigenvalue weighted by molar-refractivity contribution is 5.54. The summed E-state index contributed by atoms with van der Waals surface area (Å²) < 4.78 is 0. The van der Waals surface area contributed by atoms with Crippen LogP contribution in [0.2, 0.25) is 0 Å². The van der Waals surface area contributed by atoms with Gasteiger partial charge in [-0.25, -0.2) is 4.98 Å². The molecule has 2 aromatic heterocycles. The predicted molar refractivity (Wildman–Crippen MR) is 59.3 cm³/mol. The van der Waals surface area contributed by atoms with E-state index in [9.17, 15) is 0 Å². The first-order valence-electron chi connectivity index (χ1n) is 4.97. The fourth-order valence-corrected chi connectivity index (χ4v) is 1.52. The molecular weight excluding hydrogens is 188 g/mol. The molecule has 2 heterocycles. The number of H-pyrrole nitrogens is 1. The van der Waals surface area contributed by atoms with Gasteiger partial charge in [0.2, 0.25) is 0 Å². The molecule has 0 bridgehead atoms. The van der Waals surface area contributed by atoms with Crippen LogP contribution in [0.5, 0.6) is 0 Å². The third kappa shape index (κ3) is 2.05. The summed E-state index contributed by atoms with van der Waals surface area (Å²) in [6.45, 7) is 2.64. The smallest absolute Gasteiger partial charge is 0.137 e. The zero-order valence-electron chi connectivity index (χ0n) is 8.70. The summed E-state index contributed by atoms with van der Waals surface area (Å²) in [5.74, 6) is 0.887. The van der Waals surface area contributed by atoms with Crippen LogP contribution in [0, 0.1) is 6.92 Å². The van der Waals surface area contributed by atoms with E-state index >= 15 is 0 Å². The molecule has 4 nitrogen and oxygen atoms in total. The standard InChI is InChI=1S/C11H14N4/c1-8-10(2-5-12)15-11(14-8)9-3-6-13-7-4-9/h3-4,6-7H,2,5,12H2,1H3,(H,14,15). The molecule has 2 rings (SSSR count). The molecule has 0 amide bonds. The van der Waals surface area contributed by atoms with Crippen molar-refractivity contribution in [3.05, 3.63) is 35.9 Å². The quantitative estimate of drug-likeness (QED) is 0.787. The maximum Gasteiger partial charge on any atom is 0.137 e. The van der Waals surface area contributed by atoms with Gasteiger partial charge in [-0.05, 0) is 25.6 Å². The van der Waals surface area contributed by atoms with Crippen LogP contribution in [-0.4, -0.2) is 21.5 Å². The van der Waals surface area contributed by atoms with Gasteiger partial charge >= 0.3 is 0 Å². The molecule has 0 aliphatic carbocycles. The van der Waals surface area contributed by atoms with Crippen molar-refractivity contribution < 1.29 is 0 Å². The van der Waals surface area contributed by atoms with Gasteiger partial charge in [-0.3, -0.25) is 4.98 Å². The number of aromatic nitrogens is 3. The minimum absolute atomic E-state index is 0.626. The van der Waals surface area contributed by atoms with Crippen molar-refractivity contribution in [3.8, 4) is 11.4 Å². The third-order valence-corrected chi connectivity index (χ3v) is 2.32. The van der Waals surface area contributed by atoms with E-state index in [0.29, 0.717) is 6.54 Å². The Hall–Kier alpha value is -1.68. The maximum absolute atomic E-state index is 5.51. The number of pyridine rings is 1. The number of aryl methyl sites for hydroxylation is 1. The lowest BCUT2D eigenvalue weighted by atomic mass is 10.2. The van der Waals surface area contributed by atoms with Crippen molar-refractivity contribution in [1.29, 1.82) is 0 Å². The van der Waals surface area contributed by atoms with E-state index in [2.05, 4.69) is 15.0 Å². The first-order valence-corrected chi connectivity index (χ1v) is 4.97. The highest BCUT2D eigenvalue weighted by atomic mass is 14.9. The number of hydrogen-bond donors (Lipinski definition) is 2. The Bertz CT molecular complexity index is 433. The SMILES string of the molecule is Cc1[nH]c(-c2ccncc2)nc1CCN. The number of nitrogens with one attached hydrogen (secondary N) is 1. The minimum atomic E-state index is 0.626. The van der Waals surface area contributed by atoms with E-state index in [-0.39, 0.29) is 0 Å². The summed E-state index contributed by atoms with van der Waals surface area (Å²) >= 11 is 0. The molecule has 4 heteroatoms. The normalized spacial score (nSPS) is 10.5. The van der Waals surface area contributed by atoms with E-state index in [1.165, 1.54) is 0 Å². The summed E-state index contributed by atoms with van der Waals surface area (Å²) in [4.78, 5) is 11.7. The largest absolute Gasteiger partial charge is 0.342 e. The highest BCUT2D eigenvalue weighted by Crippen LogP contribution is 2.16. The molecule has 2 aromatic rings. The minimum Gasteiger partial charge on any atom is -0.342 e. The first kappa shape index (κ1) is 9.86. The summed E-state index contributed by atoms with van der Waals surface area (Å²) in [6, 6.07) is 3.87. The van der Waals surface area contributed by atoms with Crippen molar-refractivity contribution in [2.24, 2.45) is 5.73 Å². The molecule has 78 valence electrons. The molecule has 0 aliphatic rings. The van der Waals surface area contributed by atoms with Crippen LogP contribution in [0.4, 0.5) is 0 Å². The molecule has 0 saturated carbocycles. The Balaban J connectivity index is 2.34. The van der Waals surface area contributed by atoms with Crippen LogP contribution in [-0.2, 0) is 6.42 Å². The van der Waals surface area contributed by atoms with E-state index in [1.807, 2.05) is 19.1 Å². The lowest BCUT2D eigenvalue weighted by Gasteiger charge is -1.93. The first-order chi connectivity index (χ1) is 7.31. The molecule has 3 N–H and O–H groups in total. The van der Waals surface area contributed by atoms with Gasteiger partial charge in [0.15, 0.2) is 0 Å². The van der Waals surface area contributed by atoms with E-state index in [1.54, 1.807) is 12.4 Å². The number of hydrogen-bond acceptors (Lipinski definition) is 3. The van der Waals surface area contributed by atoms with Gasteiger partial charge in [0.25, 0.3) is 0 Å². The maximum atomic E-state index is 5.51. The van der Waals surface area contributed by atoms with Crippen molar-refractivity contribution in [3.63, 3.8) is 0 Å². The van der Waals surface area contributed by atoms with Gasteiger partial charge in [-0.2, -0.15) is 0 Å². The summed E-state index contributed by atoms with van der Waals surface area (Å²) in [5, 5.41) is 0. The second-order valence-electron chi connectivity index (χ2n) is 3.43. The van der Waals surface area contributed by atoms with Crippen molar-refractivity contribution in [2.45, 2.75) is 13.3 Å². The van der Waals surface area contributed by atoms with Gasteiger partial charge in [0, 0.05) is 30.1 Å². The van der Waals surface area contributed by atoms with Gasteiger partial charge in [0.05, 0.1) is 5.69 Å². The lowest BCUT2D eigenvalue weighted by Crippen LogP contribution is -2.03. The van der Waals surface area contributed by atoms with Crippen molar-refractivity contribution in [1.82, 2.24) is 15.0 Å². The Labute approximate surface area is 88.6 Å². The topological polar surface area (TPSA) is 67.6 Å². The zero-order chi connectivity index (χ0) is 10.7. The Morgan fingerprint density at radius 3 is 2.73 bits per heavy atom. The van der Waals surface area contributed by atoms with E-state index in [4.69, 9.17) is 5.73 Å². The molecule has 0 aromatic carbocycles. The number of nitrogens with zero attached hydrogens (tertiary/aromatic N) is 2. The fraction of sp³-hybridized carbons (Fsp3) is 0.273. The predicted octanol–water partition coefficient (Wildman–Crippen LogP) is 1.28. The number of imidazole rings is 1. The van der Waals surface area contributed by atoms with Crippen LogP contribution in [0.25, 0.3) is 11.4 Å². The highest BCUT2D eigenvalue weighted by Gasteiger charge is 2.06. The molecule has 0 fully saturated rings. The molecule has 0 aliphatic heterocycles. The van der Waals surface area contributed by atoms with Crippen molar-refractivity contribution in [2.75, 3.05) is 6.54 Å². The summed E-state index contributed by atoms with van der Waals surface area (Å²) in [7, 11) is 0. The number of nitrogens with two attached hydrogens (primary N) is 1. The molecule has 0 radical (unpaired) electrons. The monoisotopic (exact) mass is 202 g/mol. The van der Waals surface area contributed by atoms with Crippen molar-refractivity contribution >= 4 is 0 Å². The fourth-order valence-electron chi connectivity index (χ4n) is 1.52. The Morgan fingerprint density at radius 2 is 2.07 bits per heavy atom. The van der Waals surface area contributed by atoms with Crippen LogP contribution in [0.15, 0.2) is 24.5 Å². The molecule has 0 unspecified atom stereocenters. The average molecular weight is 202 g/mol. The number of aromatic amines is 1. The zero-order valence-corrected chi connectivity index (χ0v) is 8.70. The Kier molecular flexibility index (Phi) is 2.78. The summed E-state index contributed by atoms with van der Waals surface area (Å²) in [6.07, 6.45) is 4.33. The van der Waals surface area contributed by atoms with E-state index < -0.39 is 0 Å². The third-order valence-electron chi connectivity index (χ3n) is 2.32. The van der Waals surface area contributed by atoms with Gasteiger partial charge in [0.1, 0.15) is 5.82 Å². The molecular formula is C11H14N4. The van der Waals surface area contributed by atoms with Gasteiger partial charge in [-0.15, -0.1) is 0 Å². The van der Waals surface area contributed by atoms with Crippen LogP contribution >= 0.6 is 0 Å². The molecule has 15 heavy (non-hydrogen) atoms. The lowest BCUT2D eigenvalue weighted by molar-refractivity contribution is 0.924. The average Bonchev–Trinajstić information content (AvgIpc) is 2.63.